The van der Waals surface area contributed by atoms with E-state index in [1.165, 1.54) is 35.0 Å². The first-order valence-corrected chi connectivity index (χ1v) is 13.7. The molecule has 3 aromatic heterocycles. The molecular weight excluding hydrogens is 492 g/mol. The van der Waals surface area contributed by atoms with Gasteiger partial charge in [0.2, 0.25) is 0 Å². The molecule has 0 atom stereocenters. The summed E-state index contributed by atoms with van der Waals surface area (Å²) >= 11 is 3.56. The fourth-order valence-corrected chi connectivity index (χ4v) is 7.46. The number of nitrogens with zero attached hydrogens (tertiary/aromatic N) is 2. The average Bonchev–Trinajstić information content (AvgIpc) is 3.50. The van der Waals surface area contributed by atoms with Crippen LogP contribution in [0.4, 0.5) is 0 Å². The van der Waals surface area contributed by atoms with Gasteiger partial charge in [-0.1, -0.05) is 48.5 Å². The molecule has 0 N–H and O–H groups in total. The largest absolute Gasteiger partial charge is 0.268 e. The van der Waals surface area contributed by atoms with Crippen LogP contribution in [-0.4, -0.2) is 9.55 Å². The molecule has 0 amide bonds. The maximum absolute atomic E-state index is 14.0. The highest BCUT2D eigenvalue weighted by Crippen LogP contribution is 2.38. The number of hydrogen-bond donors (Lipinski definition) is 0. The van der Waals surface area contributed by atoms with E-state index in [0.29, 0.717) is 16.7 Å². The van der Waals surface area contributed by atoms with Crippen molar-refractivity contribution >= 4 is 73.9 Å². The summed E-state index contributed by atoms with van der Waals surface area (Å²) in [6.07, 6.45) is 0. The minimum atomic E-state index is -0.0604. The van der Waals surface area contributed by atoms with Crippen molar-refractivity contribution < 1.29 is 0 Å². The SMILES string of the molecule is O=c1c2ccccc2nc(-c2ccc3sc4ccccc4c3c2)n1-c1ccc2sc3ccccc3c2c1. The number of aromatic nitrogens is 2. The second-order valence-electron chi connectivity index (χ2n) is 9.18. The number of hydrogen-bond acceptors (Lipinski definition) is 4. The van der Waals surface area contributed by atoms with Gasteiger partial charge < -0.3 is 0 Å². The zero-order chi connectivity index (χ0) is 24.5. The van der Waals surface area contributed by atoms with Crippen molar-refractivity contribution in [2.45, 2.75) is 0 Å². The Kier molecular flexibility index (Phi) is 4.41. The first kappa shape index (κ1) is 20.8. The Hall–Kier alpha value is -4.32. The molecule has 0 saturated heterocycles. The van der Waals surface area contributed by atoms with Crippen LogP contribution in [0.25, 0.3) is 68.3 Å². The quantitative estimate of drug-likeness (QED) is 0.233. The highest BCUT2D eigenvalue weighted by atomic mass is 32.1. The van der Waals surface area contributed by atoms with Crippen LogP contribution in [-0.2, 0) is 0 Å². The molecule has 0 aliphatic heterocycles. The summed E-state index contributed by atoms with van der Waals surface area (Å²) in [5.74, 6) is 0.653. The summed E-state index contributed by atoms with van der Waals surface area (Å²) in [6.45, 7) is 0. The van der Waals surface area contributed by atoms with Crippen LogP contribution in [0.3, 0.4) is 0 Å². The summed E-state index contributed by atoms with van der Waals surface area (Å²) in [5.41, 5.74) is 2.39. The maximum Gasteiger partial charge on any atom is 0.266 e. The van der Waals surface area contributed by atoms with Crippen molar-refractivity contribution in [3.8, 4) is 17.1 Å². The van der Waals surface area contributed by atoms with Gasteiger partial charge in [-0.25, -0.2) is 4.98 Å². The number of thiophene rings is 2. The maximum atomic E-state index is 14.0. The van der Waals surface area contributed by atoms with E-state index in [4.69, 9.17) is 4.98 Å². The van der Waals surface area contributed by atoms with Gasteiger partial charge in [-0.2, -0.15) is 0 Å². The average molecular weight is 511 g/mol. The molecule has 0 aliphatic rings. The van der Waals surface area contributed by atoms with Crippen molar-refractivity contribution in [3.05, 3.63) is 120 Å². The topological polar surface area (TPSA) is 34.9 Å². The number of para-hydroxylation sites is 1. The molecule has 0 saturated carbocycles. The highest BCUT2D eigenvalue weighted by molar-refractivity contribution is 7.26. The molecule has 8 rings (SSSR count). The summed E-state index contributed by atoms with van der Waals surface area (Å²) < 4.78 is 6.72. The van der Waals surface area contributed by atoms with Gasteiger partial charge in [-0.3, -0.25) is 9.36 Å². The Balaban J connectivity index is 1.46. The van der Waals surface area contributed by atoms with Crippen LogP contribution < -0.4 is 5.56 Å². The summed E-state index contributed by atoms with van der Waals surface area (Å²) in [4.78, 5) is 19.1. The summed E-state index contributed by atoms with van der Waals surface area (Å²) in [7, 11) is 0. The van der Waals surface area contributed by atoms with Gasteiger partial charge in [0.1, 0.15) is 5.82 Å². The van der Waals surface area contributed by atoms with Crippen LogP contribution in [0.1, 0.15) is 0 Å². The fourth-order valence-electron chi connectivity index (χ4n) is 5.28. The lowest BCUT2D eigenvalue weighted by Crippen LogP contribution is -2.21. The van der Waals surface area contributed by atoms with Gasteiger partial charge in [-0.05, 0) is 60.7 Å². The molecular formula is C32H18N2OS2. The molecule has 5 aromatic carbocycles. The first-order chi connectivity index (χ1) is 18.2. The van der Waals surface area contributed by atoms with Gasteiger partial charge in [0.15, 0.2) is 0 Å². The number of fused-ring (bicyclic) bond motifs is 7. The van der Waals surface area contributed by atoms with E-state index in [0.717, 1.165) is 16.6 Å². The highest BCUT2D eigenvalue weighted by Gasteiger charge is 2.17. The molecule has 0 aliphatic carbocycles. The molecule has 174 valence electrons. The lowest BCUT2D eigenvalue weighted by atomic mass is 10.1. The van der Waals surface area contributed by atoms with Crippen LogP contribution in [0.15, 0.2) is 114 Å². The van der Waals surface area contributed by atoms with Crippen LogP contribution in [0.5, 0.6) is 0 Å². The van der Waals surface area contributed by atoms with Crippen LogP contribution in [0, 0.1) is 0 Å². The standard InChI is InChI=1S/C32H18N2OS2/c35-32-23-9-1-4-10-26(23)33-31(19-13-15-29-24(17-19)21-7-2-5-11-27(21)36-29)34(32)20-14-16-30-25(18-20)22-8-3-6-12-28(22)37-30/h1-18H. The molecule has 3 heterocycles. The lowest BCUT2D eigenvalue weighted by Gasteiger charge is -2.14. The Labute approximate surface area is 219 Å². The summed E-state index contributed by atoms with van der Waals surface area (Å²) in [5, 5.41) is 5.39. The van der Waals surface area contributed by atoms with Crippen molar-refractivity contribution in [3.63, 3.8) is 0 Å². The first-order valence-electron chi connectivity index (χ1n) is 12.1. The third kappa shape index (κ3) is 3.11. The smallest absolute Gasteiger partial charge is 0.266 e. The van der Waals surface area contributed by atoms with Gasteiger partial charge in [0.25, 0.3) is 5.56 Å². The third-order valence-corrected chi connectivity index (χ3v) is 9.33. The van der Waals surface area contributed by atoms with Crippen molar-refractivity contribution in [1.29, 1.82) is 0 Å². The third-order valence-electron chi connectivity index (χ3n) is 7.03. The zero-order valence-corrected chi connectivity index (χ0v) is 21.1. The van der Waals surface area contributed by atoms with E-state index < -0.39 is 0 Å². The second kappa shape index (κ2) is 7.84. The zero-order valence-electron chi connectivity index (χ0n) is 19.5. The van der Waals surface area contributed by atoms with Gasteiger partial charge >= 0.3 is 0 Å². The van der Waals surface area contributed by atoms with Gasteiger partial charge in [0, 0.05) is 45.9 Å². The van der Waals surface area contributed by atoms with Crippen molar-refractivity contribution in [2.24, 2.45) is 0 Å². The van der Waals surface area contributed by atoms with E-state index in [9.17, 15) is 4.79 Å². The second-order valence-corrected chi connectivity index (χ2v) is 11.3. The minimum Gasteiger partial charge on any atom is -0.268 e. The van der Waals surface area contributed by atoms with E-state index in [1.54, 1.807) is 27.2 Å². The molecule has 5 heteroatoms. The molecule has 0 bridgehead atoms. The van der Waals surface area contributed by atoms with Gasteiger partial charge in [-0.15, -0.1) is 22.7 Å². The van der Waals surface area contributed by atoms with Gasteiger partial charge in [0.05, 0.1) is 16.6 Å². The molecule has 37 heavy (non-hydrogen) atoms. The predicted molar refractivity (Wildman–Crippen MR) is 159 cm³/mol. The normalized spacial score (nSPS) is 11.9. The monoisotopic (exact) mass is 510 g/mol. The molecule has 0 unspecified atom stereocenters. The minimum absolute atomic E-state index is 0.0604. The number of rotatable bonds is 2. The molecule has 8 aromatic rings. The Morgan fingerprint density at radius 1 is 0.541 bits per heavy atom. The molecule has 0 spiro atoms. The van der Waals surface area contributed by atoms with E-state index >= 15 is 0 Å². The fraction of sp³-hybridized carbons (Fsp3) is 0. The van der Waals surface area contributed by atoms with E-state index in [-0.39, 0.29) is 5.56 Å². The van der Waals surface area contributed by atoms with Crippen molar-refractivity contribution in [1.82, 2.24) is 9.55 Å². The lowest BCUT2D eigenvalue weighted by molar-refractivity contribution is 0.979. The molecule has 0 radical (unpaired) electrons. The van der Waals surface area contributed by atoms with E-state index in [1.807, 2.05) is 30.3 Å². The Morgan fingerprint density at radius 3 is 1.84 bits per heavy atom. The van der Waals surface area contributed by atoms with Crippen LogP contribution >= 0.6 is 22.7 Å². The predicted octanol–water partition coefficient (Wildman–Crippen LogP) is 8.79. The Morgan fingerprint density at radius 2 is 1.11 bits per heavy atom. The summed E-state index contributed by atoms with van der Waals surface area (Å²) in [6, 6.07) is 37.2. The van der Waals surface area contributed by atoms with E-state index in [2.05, 4.69) is 78.9 Å². The molecule has 3 nitrogen and oxygen atoms in total. The Bertz CT molecular complexity index is 2240. The molecule has 0 fully saturated rings. The van der Waals surface area contributed by atoms with Crippen LogP contribution in [0.2, 0.25) is 0 Å². The number of benzene rings is 5. The van der Waals surface area contributed by atoms with Crippen molar-refractivity contribution in [2.75, 3.05) is 0 Å².